The number of anilines is 2. The van der Waals surface area contributed by atoms with Gasteiger partial charge in [-0.3, -0.25) is 48.2 Å². The van der Waals surface area contributed by atoms with Crippen LogP contribution in [0.5, 0.6) is 11.5 Å². The van der Waals surface area contributed by atoms with E-state index in [0.717, 1.165) is 85.6 Å². The van der Waals surface area contributed by atoms with Crippen LogP contribution in [0.3, 0.4) is 0 Å². The van der Waals surface area contributed by atoms with Gasteiger partial charge in [-0.15, -0.1) is 0 Å². The van der Waals surface area contributed by atoms with Crippen LogP contribution in [-0.2, 0) is 44.8 Å². The average Bonchev–Trinajstić information content (AvgIpc) is 1.69. The third kappa shape index (κ3) is 10.6. The van der Waals surface area contributed by atoms with E-state index in [1.165, 1.54) is 0 Å². The number of carbonyl (C=O) groups is 8. The molecule has 10 aromatic carbocycles. The molecule has 17 heteroatoms. The predicted octanol–water partition coefficient (Wildman–Crippen LogP) is 10.2. The van der Waals surface area contributed by atoms with E-state index >= 15 is 0 Å². The third-order valence-corrected chi connectivity index (χ3v) is 18.7. The molecule has 2 fully saturated rings. The molecule has 17 nitrogen and oxygen atoms in total. The van der Waals surface area contributed by atoms with Gasteiger partial charge in [-0.05, 0) is 115 Å². The zero-order valence-corrected chi connectivity index (χ0v) is 49.7. The molecule has 7 unspecified atom stereocenters. The van der Waals surface area contributed by atoms with Gasteiger partial charge in [0.15, 0.2) is 0 Å². The van der Waals surface area contributed by atoms with Crippen molar-refractivity contribution >= 4 is 123 Å². The number of hydrogen-bond donors (Lipinski definition) is 5. The minimum absolute atomic E-state index is 0.0510. The number of aryl methyl sites for hydroxylation is 1. The van der Waals surface area contributed by atoms with Crippen molar-refractivity contribution in [2.24, 2.45) is 23.7 Å². The maximum Gasteiger partial charge on any atom is 0.236 e. The molecule has 450 valence electrons. The van der Waals surface area contributed by atoms with Crippen LogP contribution in [0.1, 0.15) is 67.9 Å². The molecule has 0 bridgehead atoms. The maximum absolute atomic E-state index is 14.9. The van der Waals surface area contributed by atoms with E-state index in [1.807, 2.05) is 86.6 Å². The fraction of sp³-hybridized carbons (Fsp3) is 0.278. The van der Waals surface area contributed by atoms with Gasteiger partial charge in [0.05, 0.1) is 30.0 Å². The Morgan fingerprint density at radius 1 is 0.494 bits per heavy atom. The summed E-state index contributed by atoms with van der Waals surface area (Å²) in [5.74, 6) is -6.71. The molecule has 2 aliphatic heterocycles. The number of amides is 8. The first kappa shape index (κ1) is 58.0. The summed E-state index contributed by atoms with van der Waals surface area (Å²) in [6.45, 7) is 6.20. The normalized spacial score (nSPS) is 19.0. The fourth-order valence-corrected chi connectivity index (χ4v) is 13.6. The molecule has 0 aromatic heterocycles. The Bertz CT molecular complexity index is 4490. The lowest BCUT2D eigenvalue weighted by molar-refractivity contribution is -0.145. The number of likely N-dealkylation sites (tertiary alicyclic amines) is 2. The number of nitrogens with zero attached hydrogens (tertiary/aromatic N) is 2. The van der Waals surface area contributed by atoms with Gasteiger partial charge in [0.1, 0.15) is 24.7 Å². The lowest BCUT2D eigenvalue weighted by Gasteiger charge is -2.32. The van der Waals surface area contributed by atoms with Crippen molar-refractivity contribution in [1.29, 1.82) is 0 Å². The van der Waals surface area contributed by atoms with Crippen LogP contribution < -0.4 is 30.7 Å². The molecule has 2 heterocycles. The van der Waals surface area contributed by atoms with Crippen molar-refractivity contribution in [3.8, 4) is 11.5 Å². The number of aliphatic hydroxyl groups excluding tert-OH is 1. The Hall–Kier alpha value is -10.0. The molecule has 0 radical (unpaired) electrons. The summed E-state index contributed by atoms with van der Waals surface area (Å²) >= 11 is 0. The number of carbonyl (C=O) groups excluding carboxylic acids is 8. The summed E-state index contributed by atoms with van der Waals surface area (Å²) in [4.78, 5) is 113. The first-order valence-electron chi connectivity index (χ1n) is 30.3. The maximum atomic E-state index is 14.9. The molecule has 7 atom stereocenters. The van der Waals surface area contributed by atoms with Crippen LogP contribution in [-0.4, -0.2) is 101 Å². The SMILES string of the molecule is Cc1cccc(OCC(CNC(=O)CCC(=O)Nc2ccc3ccc4cccc5ccc2c3c45)N2C(=O)C3Cc4cccc(OCC(CNC(=O)CCC(=O)Nc5ccc6ccc7cccc8ccc5c6c78)N5C(=O)C(C)C(C)C5=O)c4C(O)C3C2=O)c1C. The first-order chi connectivity index (χ1) is 43.0. The van der Waals surface area contributed by atoms with Gasteiger partial charge >= 0.3 is 0 Å². The quantitative estimate of drug-likeness (QED) is 0.0356. The van der Waals surface area contributed by atoms with Crippen LogP contribution >= 0.6 is 0 Å². The Balaban J connectivity index is 0.673. The topological polar surface area (TPSA) is 230 Å². The first-order valence-corrected chi connectivity index (χ1v) is 30.3. The number of nitrogens with one attached hydrogen (secondary N) is 4. The van der Waals surface area contributed by atoms with Crippen molar-refractivity contribution in [2.45, 2.75) is 78.0 Å². The summed E-state index contributed by atoms with van der Waals surface area (Å²) in [6.07, 6.45) is -2.19. The van der Waals surface area contributed by atoms with E-state index in [1.54, 1.807) is 38.1 Å². The molecule has 3 aliphatic rings. The molecular weight excluding hydrogens is 1120 g/mol. The van der Waals surface area contributed by atoms with E-state index < -0.39 is 77.3 Å². The van der Waals surface area contributed by atoms with Crippen molar-refractivity contribution in [2.75, 3.05) is 36.9 Å². The van der Waals surface area contributed by atoms with Gasteiger partial charge in [0.25, 0.3) is 0 Å². The van der Waals surface area contributed by atoms with E-state index in [2.05, 4.69) is 69.8 Å². The Kier molecular flexibility index (Phi) is 15.4. The molecule has 1 aliphatic carbocycles. The van der Waals surface area contributed by atoms with Crippen molar-refractivity contribution < 1.29 is 52.9 Å². The molecule has 8 amide bonds. The van der Waals surface area contributed by atoms with Gasteiger partial charge in [-0.2, -0.15) is 0 Å². The van der Waals surface area contributed by atoms with Crippen LogP contribution in [0.4, 0.5) is 11.4 Å². The van der Waals surface area contributed by atoms with Crippen LogP contribution in [0.25, 0.3) is 64.6 Å². The molecule has 89 heavy (non-hydrogen) atoms. The summed E-state index contributed by atoms with van der Waals surface area (Å²) in [7, 11) is 0. The van der Waals surface area contributed by atoms with Gasteiger partial charge in [-0.1, -0.05) is 135 Å². The number of rotatable bonds is 20. The highest BCUT2D eigenvalue weighted by molar-refractivity contribution is 6.27. The Morgan fingerprint density at radius 3 is 1.43 bits per heavy atom. The third-order valence-electron chi connectivity index (χ3n) is 18.7. The second kappa shape index (κ2) is 23.6. The van der Waals surface area contributed by atoms with Crippen molar-refractivity contribution in [3.05, 3.63) is 168 Å². The predicted molar refractivity (Wildman–Crippen MR) is 341 cm³/mol. The van der Waals surface area contributed by atoms with E-state index in [9.17, 15) is 43.5 Å². The lowest BCUT2D eigenvalue weighted by atomic mass is 9.75. The summed E-state index contributed by atoms with van der Waals surface area (Å²) in [5.41, 5.74) is 3.84. The molecule has 2 saturated heterocycles. The lowest BCUT2D eigenvalue weighted by Crippen LogP contribution is -2.50. The Morgan fingerprint density at radius 2 is 0.910 bits per heavy atom. The Labute approximate surface area is 512 Å². The molecule has 10 aromatic rings. The molecule has 0 spiro atoms. The number of imide groups is 2. The molecule has 13 rings (SSSR count). The summed E-state index contributed by atoms with van der Waals surface area (Å²) in [6, 6.07) is 44.7. The largest absolute Gasteiger partial charge is 0.491 e. The average molecular weight is 1190 g/mol. The number of aliphatic hydroxyl groups is 1. The number of hydrogen-bond acceptors (Lipinski definition) is 11. The zero-order chi connectivity index (χ0) is 61.9. The highest BCUT2D eigenvalue weighted by Gasteiger charge is 2.56. The van der Waals surface area contributed by atoms with Gasteiger partial charge in [0, 0.05) is 78.3 Å². The summed E-state index contributed by atoms with van der Waals surface area (Å²) in [5, 5.41) is 36.5. The number of benzene rings is 10. The smallest absolute Gasteiger partial charge is 0.236 e. The van der Waals surface area contributed by atoms with Gasteiger partial charge in [0.2, 0.25) is 47.3 Å². The van der Waals surface area contributed by atoms with E-state index in [0.29, 0.717) is 22.7 Å². The minimum Gasteiger partial charge on any atom is -0.491 e. The standard InChI is InChI=1S/C72H66N6O11/c1-38-9-5-15-56(39(38)2)88-36-50(35-74-59(80)30-32-61(82)76-55-28-24-47-20-18-43-11-7-13-45-22-26-52(55)65(47)63(43)45)78-71(86)53-33-48-14-8-16-57(66(48)68(83)67(53)72(78)87)89-37-49(77-69(84)40(3)41(4)70(77)85)34-73-58(79)29-31-60(81)75-54-27-23-46-19-17-42-10-6-12-44-21-25-51(54)64(46)62(42)44/h5-28,40-41,49-50,53,67-68,83H,29-37H2,1-4H3,(H,73,79)(H,74,80)(H,75,81)(H,76,82). The van der Waals surface area contributed by atoms with Gasteiger partial charge in [-0.25, -0.2) is 0 Å². The van der Waals surface area contributed by atoms with Crippen molar-refractivity contribution in [1.82, 2.24) is 20.4 Å². The summed E-state index contributed by atoms with van der Waals surface area (Å²) < 4.78 is 12.8. The molecule has 0 saturated carbocycles. The minimum atomic E-state index is -1.55. The van der Waals surface area contributed by atoms with E-state index in [-0.39, 0.29) is 81.5 Å². The van der Waals surface area contributed by atoms with Gasteiger partial charge < -0.3 is 35.8 Å². The van der Waals surface area contributed by atoms with Crippen LogP contribution in [0.15, 0.2) is 146 Å². The highest BCUT2D eigenvalue weighted by atomic mass is 16.5. The fourth-order valence-electron chi connectivity index (χ4n) is 13.6. The second-order valence-electron chi connectivity index (χ2n) is 24.1. The van der Waals surface area contributed by atoms with Crippen LogP contribution in [0, 0.1) is 37.5 Å². The molecular formula is C72H66N6O11. The van der Waals surface area contributed by atoms with Crippen LogP contribution in [0.2, 0.25) is 0 Å². The van der Waals surface area contributed by atoms with Crippen molar-refractivity contribution in [3.63, 3.8) is 0 Å². The zero-order valence-electron chi connectivity index (χ0n) is 49.7. The highest BCUT2D eigenvalue weighted by Crippen LogP contribution is 2.48. The number of ether oxygens (including phenoxy) is 2. The molecule has 5 N–H and O–H groups in total. The second-order valence-corrected chi connectivity index (χ2v) is 24.1. The monoisotopic (exact) mass is 1190 g/mol. The van der Waals surface area contributed by atoms with E-state index in [4.69, 9.17) is 9.47 Å². The number of fused-ring (bicyclic) bond motifs is 2.